The first-order valence-corrected chi connectivity index (χ1v) is 8.86. The van der Waals surface area contributed by atoms with E-state index >= 15 is 0 Å². The van der Waals surface area contributed by atoms with Crippen LogP contribution in [0, 0.1) is 5.92 Å². The summed E-state index contributed by atoms with van der Waals surface area (Å²) in [7, 11) is 3.29. The zero-order valence-electron chi connectivity index (χ0n) is 15.0. The summed E-state index contributed by atoms with van der Waals surface area (Å²) in [6.45, 7) is 4.12. The van der Waals surface area contributed by atoms with Crippen molar-refractivity contribution in [2.75, 3.05) is 45.7 Å². The second-order valence-corrected chi connectivity index (χ2v) is 7.09. The fourth-order valence-electron chi connectivity index (χ4n) is 3.02. The number of nitrogens with zero attached hydrogens (tertiary/aromatic N) is 2. The molecule has 1 aromatic carbocycles. The zero-order chi connectivity index (χ0) is 18.4. The quantitative estimate of drug-likeness (QED) is 0.839. The summed E-state index contributed by atoms with van der Waals surface area (Å²) in [5.74, 6) is 0.936. The second kappa shape index (κ2) is 9.06. The number of likely N-dealkylation sites (tertiary alicyclic amines) is 1. The largest absolute Gasteiger partial charge is 0.495 e. The van der Waals surface area contributed by atoms with Gasteiger partial charge in [0.1, 0.15) is 5.75 Å². The molecule has 1 aliphatic rings. The molecule has 0 unspecified atom stereocenters. The Morgan fingerprint density at radius 3 is 2.84 bits per heavy atom. The first kappa shape index (κ1) is 19.5. The Balaban J connectivity index is 1.85. The number of nitrogens with one attached hydrogen (secondary N) is 1. The Hall–Kier alpha value is -1.79. The Morgan fingerprint density at radius 1 is 1.40 bits per heavy atom. The maximum absolute atomic E-state index is 12.4. The van der Waals surface area contributed by atoms with Gasteiger partial charge >= 0.3 is 0 Å². The van der Waals surface area contributed by atoms with Crippen molar-refractivity contribution in [1.82, 2.24) is 9.80 Å². The lowest BCUT2D eigenvalue weighted by atomic mass is 10.0. The van der Waals surface area contributed by atoms with E-state index in [-0.39, 0.29) is 24.9 Å². The number of hydrogen-bond acceptors (Lipinski definition) is 4. The van der Waals surface area contributed by atoms with E-state index in [1.54, 1.807) is 30.1 Å². The van der Waals surface area contributed by atoms with E-state index in [9.17, 15) is 9.59 Å². The summed E-state index contributed by atoms with van der Waals surface area (Å²) in [6, 6.07) is 5.03. The van der Waals surface area contributed by atoms with Gasteiger partial charge in [0.05, 0.1) is 25.9 Å². The van der Waals surface area contributed by atoms with E-state index in [4.69, 9.17) is 16.3 Å². The van der Waals surface area contributed by atoms with Crippen molar-refractivity contribution >= 4 is 29.1 Å². The van der Waals surface area contributed by atoms with Crippen molar-refractivity contribution in [3.05, 3.63) is 23.2 Å². The van der Waals surface area contributed by atoms with Crippen LogP contribution in [0.2, 0.25) is 5.02 Å². The average molecular weight is 368 g/mol. The fourth-order valence-corrected chi connectivity index (χ4v) is 3.19. The van der Waals surface area contributed by atoms with Crippen molar-refractivity contribution in [1.29, 1.82) is 0 Å². The highest BCUT2D eigenvalue weighted by molar-refractivity contribution is 6.31. The summed E-state index contributed by atoms with van der Waals surface area (Å²) >= 11 is 5.96. The molecular weight excluding hydrogens is 342 g/mol. The lowest BCUT2D eigenvalue weighted by Crippen LogP contribution is -2.45. The second-order valence-electron chi connectivity index (χ2n) is 6.65. The van der Waals surface area contributed by atoms with E-state index in [1.807, 2.05) is 4.90 Å². The van der Waals surface area contributed by atoms with E-state index in [1.165, 1.54) is 13.5 Å². The first-order chi connectivity index (χ1) is 11.9. The molecule has 1 atom stereocenters. The van der Waals surface area contributed by atoms with Crippen LogP contribution in [0.15, 0.2) is 18.2 Å². The van der Waals surface area contributed by atoms with Crippen molar-refractivity contribution in [2.24, 2.45) is 5.92 Å². The maximum Gasteiger partial charge on any atom is 0.238 e. The third kappa shape index (κ3) is 5.90. The number of benzene rings is 1. The molecule has 1 fully saturated rings. The van der Waals surface area contributed by atoms with Crippen molar-refractivity contribution < 1.29 is 14.3 Å². The lowest BCUT2D eigenvalue weighted by molar-refractivity contribution is -0.134. The number of methoxy groups -OCH3 is 1. The van der Waals surface area contributed by atoms with Crippen LogP contribution >= 0.6 is 11.6 Å². The van der Waals surface area contributed by atoms with Crippen molar-refractivity contribution in [3.8, 4) is 5.75 Å². The molecule has 0 aliphatic carbocycles. The standard InChI is InChI=1S/C18H26ClN3O3/c1-13-5-4-8-22(10-13)18(24)12-21(2)11-17(23)20-15-9-14(19)6-7-16(15)25-3/h6-7,9,13H,4-5,8,10-12H2,1-3H3,(H,20,23)/t13-/m0/s1. The summed E-state index contributed by atoms with van der Waals surface area (Å²) in [5, 5.41) is 3.29. The van der Waals surface area contributed by atoms with Crippen LogP contribution in [0.25, 0.3) is 0 Å². The fraction of sp³-hybridized carbons (Fsp3) is 0.556. The first-order valence-electron chi connectivity index (χ1n) is 8.48. The Bertz CT molecular complexity index is 624. The Morgan fingerprint density at radius 2 is 2.16 bits per heavy atom. The topological polar surface area (TPSA) is 61.9 Å². The molecule has 0 radical (unpaired) electrons. The molecule has 0 aromatic heterocycles. The van der Waals surface area contributed by atoms with Gasteiger partial charge in [-0.1, -0.05) is 18.5 Å². The molecule has 6 nitrogen and oxygen atoms in total. The zero-order valence-corrected chi connectivity index (χ0v) is 15.8. The number of likely N-dealkylation sites (N-methyl/N-ethyl adjacent to an activating group) is 1. The molecule has 138 valence electrons. The highest BCUT2D eigenvalue weighted by Gasteiger charge is 2.22. The van der Waals surface area contributed by atoms with Gasteiger partial charge in [-0.2, -0.15) is 0 Å². The van der Waals surface area contributed by atoms with Crippen LogP contribution in [0.1, 0.15) is 19.8 Å². The highest BCUT2D eigenvalue weighted by atomic mass is 35.5. The molecule has 0 saturated carbocycles. The lowest BCUT2D eigenvalue weighted by Gasteiger charge is -2.32. The van der Waals surface area contributed by atoms with Gasteiger partial charge in [-0.3, -0.25) is 14.5 Å². The third-order valence-corrected chi connectivity index (χ3v) is 4.50. The van der Waals surface area contributed by atoms with Gasteiger partial charge in [-0.25, -0.2) is 0 Å². The van der Waals surface area contributed by atoms with Crippen LogP contribution in [0.4, 0.5) is 5.69 Å². The molecule has 7 heteroatoms. The minimum absolute atomic E-state index is 0.0715. The minimum atomic E-state index is -0.220. The van der Waals surface area contributed by atoms with Gasteiger partial charge in [0.25, 0.3) is 0 Å². The number of hydrogen-bond donors (Lipinski definition) is 1. The smallest absolute Gasteiger partial charge is 0.238 e. The predicted molar refractivity (Wildman–Crippen MR) is 99.1 cm³/mol. The van der Waals surface area contributed by atoms with Crippen LogP contribution in [-0.4, -0.2) is 62.0 Å². The van der Waals surface area contributed by atoms with Gasteiger partial charge in [-0.05, 0) is 44.0 Å². The number of amides is 2. The van der Waals surface area contributed by atoms with E-state index in [0.717, 1.165) is 19.5 Å². The molecule has 0 bridgehead atoms. The van der Waals surface area contributed by atoms with Crippen LogP contribution in [0.3, 0.4) is 0 Å². The molecule has 1 N–H and O–H groups in total. The molecule has 1 saturated heterocycles. The van der Waals surface area contributed by atoms with Gasteiger partial charge in [-0.15, -0.1) is 0 Å². The number of carbonyl (C=O) groups excluding carboxylic acids is 2. The average Bonchev–Trinajstić information content (AvgIpc) is 2.54. The number of rotatable bonds is 6. The van der Waals surface area contributed by atoms with E-state index in [0.29, 0.717) is 22.4 Å². The van der Waals surface area contributed by atoms with Crippen LogP contribution in [-0.2, 0) is 9.59 Å². The summed E-state index contributed by atoms with van der Waals surface area (Å²) < 4.78 is 5.21. The number of halogens is 1. The molecule has 1 aromatic rings. The van der Waals surface area contributed by atoms with Crippen LogP contribution < -0.4 is 10.1 Å². The highest BCUT2D eigenvalue weighted by Crippen LogP contribution is 2.27. The van der Waals surface area contributed by atoms with Gasteiger partial charge in [0, 0.05) is 18.1 Å². The summed E-state index contributed by atoms with van der Waals surface area (Å²) in [5.41, 5.74) is 0.518. The van der Waals surface area contributed by atoms with Crippen molar-refractivity contribution in [3.63, 3.8) is 0 Å². The minimum Gasteiger partial charge on any atom is -0.495 e. The van der Waals surface area contributed by atoms with Gasteiger partial charge in [0.2, 0.25) is 11.8 Å². The SMILES string of the molecule is COc1ccc(Cl)cc1NC(=O)CN(C)CC(=O)N1CCC[C@H](C)C1. The summed E-state index contributed by atoms with van der Waals surface area (Å²) in [6.07, 6.45) is 2.22. The number of piperidine rings is 1. The van der Waals surface area contributed by atoms with Crippen molar-refractivity contribution in [2.45, 2.75) is 19.8 Å². The van der Waals surface area contributed by atoms with E-state index in [2.05, 4.69) is 12.2 Å². The van der Waals surface area contributed by atoms with E-state index < -0.39 is 0 Å². The number of ether oxygens (including phenoxy) is 1. The normalized spacial score (nSPS) is 17.5. The van der Waals surface area contributed by atoms with Crippen LogP contribution in [0.5, 0.6) is 5.75 Å². The third-order valence-electron chi connectivity index (χ3n) is 4.26. The Kier molecular flexibility index (Phi) is 7.08. The predicted octanol–water partition coefficient (Wildman–Crippen LogP) is 2.48. The molecule has 2 amide bonds. The number of carbonyl (C=O) groups is 2. The monoisotopic (exact) mass is 367 g/mol. The molecule has 1 heterocycles. The molecule has 25 heavy (non-hydrogen) atoms. The maximum atomic E-state index is 12.4. The van der Waals surface area contributed by atoms with Gasteiger partial charge < -0.3 is 15.0 Å². The Labute approximate surface area is 154 Å². The molecule has 2 rings (SSSR count). The molecular formula is C18H26ClN3O3. The number of anilines is 1. The molecule has 1 aliphatic heterocycles. The molecule has 0 spiro atoms. The summed E-state index contributed by atoms with van der Waals surface area (Å²) in [4.78, 5) is 28.2. The van der Waals surface area contributed by atoms with Gasteiger partial charge in [0.15, 0.2) is 0 Å².